The van der Waals surface area contributed by atoms with Crippen LogP contribution >= 0.6 is 0 Å². The molecule has 22 heavy (non-hydrogen) atoms. The van der Waals surface area contributed by atoms with Gasteiger partial charge in [0.05, 0.1) is 6.42 Å². The van der Waals surface area contributed by atoms with Crippen molar-refractivity contribution in [3.63, 3.8) is 0 Å². The van der Waals surface area contributed by atoms with Gasteiger partial charge in [0, 0.05) is 17.8 Å². The SMILES string of the molecule is Nc1ccc(Oc2ccc(NC(=O)CCC(=O)O)cc2)cc1. The molecule has 0 aliphatic carbocycles. The van der Waals surface area contributed by atoms with Gasteiger partial charge in [-0.3, -0.25) is 9.59 Å². The first-order valence-corrected chi connectivity index (χ1v) is 6.68. The lowest BCUT2D eigenvalue weighted by Gasteiger charge is -2.08. The molecule has 2 aromatic carbocycles. The Kier molecular flexibility index (Phi) is 4.98. The first-order chi connectivity index (χ1) is 10.5. The molecule has 0 saturated heterocycles. The molecular weight excluding hydrogens is 284 g/mol. The van der Waals surface area contributed by atoms with E-state index in [2.05, 4.69) is 5.32 Å². The summed E-state index contributed by atoms with van der Waals surface area (Å²) in [6, 6.07) is 13.8. The molecule has 0 aliphatic heterocycles. The molecule has 0 spiro atoms. The maximum atomic E-state index is 11.5. The van der Waals surface area contributed by atoms with Gasteiger partial charge in [-0.05, 0) is 48.5 Å². The van der Waals surface area contributed by atoms with Gasteiger partial charge in [0.1, 0.15) is 11.5 Å². The van der Waals surface area contributed by atoms with E-state index >= 15 is 0 Å². The Morgan fingerprint density at radius 1 is 0.955 bits per heavy atom. The zero-order chi connectivity index (χ0) is 15.9. The van der Waals surface area contributed by atoms with Gasteiger partial charge in [0.2, 0.25) is 5.91 Å². The molecule has 0 heterocycles. The molecule has 4 N–H and O–H groups in total. The number of carboxylic acid groups (broad SMARTS) is 1. The topological polar surface area (TPSA) is 102 Å². The van der Waals surface area contributed by atoms with Crippen LogP contribution in [0.4, 0.5) is 11.4 Å². The summed E-state index contributed by atoms with van der Waals surface area (Å²) < 4.78 is 5.63. The highest BCUT2D eigenvalue weighted by Crippen LogP contribution is 2.23. The van der Waals surface area contributed by atoms with E-state index in [1.807, 2.05) is 0 Å². The predicted molar refractivity (Wildman–Crippen MR) is 82.9 cm³/mol. The van der Waals surface area contributed by atoms with Gasteiger partial charge in [-0.15, -0.1) is 0 Å². The fourth-order valence-electron chi connectivity index (χ4n) is 1.72. The number of nitrogen functional groups attached to an aromatic ring is 1. The number of carboxylic acids is 1. The molecular formula is C16H16N2O4. The minimum Gasteiger partial charge on any atom is -0.481 e. The lowest BCUT2D eigenvalue weighted by atomic mass is 10.2. The van der Waals surface area contributed by atoms with Gasteiger partial charge in [-0.25, -0.2) is 0 Å². The number of benzene rings is 2. The van der Waals surface area contributed by atoms with Crippen LogP contribution in [0.2, 0.25) is 0 Å². The Morgan fingerprint density at radius 2 is 1.50 bits per heavy atom. The maximum Gasteiger partial charge on any atom is 0.303 e. The zero-order valence-electron chi connectivity index (χ0n) is 11.8. The number of nitrogens with one attached hydrogen (secondary N) is 1. The molecule has 0 bridgehead atoms. The number of hydrogen-bond donors (Lipinski definition) is 3. The first-order valence-electron chi connectivity index (χ1n) is 6.68. The number of anilines is 2. The molecule has 0 atom stereocenters. The summed E-state index contributed by atoms with van der Waals surface area (Å²) in [5.74, 6) is -0.0576. The third-order valence-corrected chi connectivity index (χ3v) is 2.82. The van der Waals surface area contributed by atoms with Crippen molar-refractivity contribution in [3.05, 3.63) is 48.5 Å². The highest BCUT2D eigenvalue weighted by Gasteiger charge is 2.06. The minimum atomic E-state index is -0.998. The van der Waals surface area contributed by atoms with Crippen LogP contribution in [0.5, 0.6) is 11.5 Å². The number of hydrogen-bond acceptors (Lipinski definition) is 4. The van der Waals surface area contributed by atoms with Gasteiger partial charge in [-0.1, -0.05) is 0 Å². The standard InChI is InChI=1S/C16H16N2O4/c17-11-1-5-13(6-2-11)22-14-7-3-12(4-8-14)18-15(19)9-10-16(20)21/h1-8H,9-10,17H2,(H,18,19)(H,20,21). The van der Waals surface area contributed by atoms with E-state index in [1.165, 1.54) is 0 Å². The van der Waals surface area contributed by atoms with Gasteiger partial charge in [0.15, 0.2) is 0 Å². The van der Waals surface area contributed by atoms with Crippen LogP contribution in [0.15, 0.2) is 48.5 Å². The van der Waals surface area contributed by atoms with E-state index in [4.69, 9.17) is 15.6 Å². The second kappa shape index (κ2) is 7.12. The molecule has 2 rings (SSSR count). The molecule has 2 aromatic rings. The smallest absolute Gasteiger partial charge is 0.303 e. The highest BCUT2D eigenvalue weighted by atomic mass is 16.5. The number of rotatable bonds is 6. The Balaban J connectivity index is 1.91. The Bertz CT molecular complexity index is 651. The molecule has 1 amide bonds. The summed E-state index contributed by atoms with van der Waals surface area (Å²) >= 11 is 0. The summed E-state index contributed by atoms with van der Waals surface area (Å²) in [6.45, 7) is 0. The average Bonchev–Trinajstić information content (AvgIpc) is 2.49. The van der Waals surface area contributed by atoms with E-state index in [0.29, 0.717) is 22.9 Å². The summed E-state index contributed by atoms with van der Waals surface area (Å²) in [6.07, 6.45) is -0.247. The van der Waals surface area contributed by atoms with Gasteiger partial charge < -0.3 is 20.9 Å². The molecule has 0 fully saturated rings. The highest BCUT2D eigenvalue weighted by molar-refractivity contribution is 5.92. The fraction of sp³-hybridized carbons (Fsp3) is 0.125. The van der Waals surface area contributed by atoms with Gasteiger partial charge in [0.25, 0.3) is 0 Å². The number of amides is 1. The van der Waals surface area contributed by atoms with E-state index < -0.39 is 5.97 Å². The Labute approximate surface area is 127 Å². The van der Waals surface area contributed by atoms with Crippen LogP contribution in [0, 0.1) is 0 Å². The summed E-state index contributed by atoms with van der Waals surface area (Å²) in [5, 5.41) is 11.1. The Hall–Kier alpha value is -3.02. The average molecular weight is 300 g/mol. The number of ether oxygens (including phenoxy) is 1. The van der Waals surface area contributed by atoms with Gasteiger partial charge >= 0.3 is 5.97 Å². The fourth-order valence-corrected chi connectivity index (χ4v) is 1.72. The van der Waals surface area contributed by atoms with Crippen LogP contribution < -0.4 is 15.8 Å². The molecule has 0 aromatic heterocycles. The van der Waals surface area contributed by atoms with Crippen molar-refractivity contribution in [2.45, 2.75) is 12.8 Å². The number of aliphatic carboxylic acids is 1. The van der Waals surface area contributed by atoms with Crippen molar-refractivity contribution in [2.24, 2.45) is 0 Å². The molecule has 0 saturated carbocycles. The molecule has 6 nitrogen and oxygen atoms in total. The van der Waals surface area contributed by atoms with Crippen molar-refractivity contribution < 1.29 is 19.4 Å². The van der Waals surface area contributed by atoms with Crippen molar-refractivity contribution in [3.8, 4) is 11.5 Å². The van der Waals surface area contributed by atoms with E-state index in [9.17, 15) is 9.59 Å². The zero-order valence-corrected chi connectivity index (χ0v) is 11.8. The van der Waals surface area contributed by atoms with E-state index in [-0.39, 0.29) is 18.7 Å². The first kappa shape index (κ1) is 15.4. The molecule has 6 heteroatoms. The lowest BCUT2D eigenvalue weighted by Crippen LogP contribution is -2.12. The second-order valence-corrected chi connectivity index (χ2v) is 4.64. The molecule has 114 valence electrons. The van der Waals surface area contributed by atoms with Crippen LogP contribution in [-0.4, -0.2) is 17.0 Å². The Morgan fingerprint density at radius 3 is 2.05 bits per heavy atom. The molecule has 0 unspecified atom stereocenters. The van der Waals surface area contributed by atoms with E-state index in [1.54, 1.807) is 48.5 Å². The quantitative estimate of drug-likeness (QED) is 0.712. The van der Waals surface area contributed by atoms with Crippen molar-refractivity contribution in [1.82, 2.24) is 0 Å². The third-order valence-electron chi connectivity index (χ3n) is 2.82. The normalized spacial score (nSPS) is 10.0. The second-order valence-electron chi connectivity index (χ2n) is 4.64. The molecule has 0 radical (unpaired) electrons. The van der Waals surface area contributed by atoms with Crippen LogP contribution in [0.25, 0.3) is 0 Å². The molecule has 0 aliphatic rings. The number of carbonyl (C=O) groups is 2. The van der Waals surface area contributed by atoms with Crippen molar-refractivity contribution >= 4 is 23.3 Å². The lowest BCUT2D eigenvalue weighted by molar-refractivity contribution is -0.138. The monoisotopic (exact) mass is 300 g/mol. The number of carbonyl (C=O) groups excluding carboxylic acids is 1. The van der Waals surface area contributed by atoms with Gasteiger partial charge in [-0.2, -0.15) is 0 Å². The summed E-state index contributed by atoms with van der Waals surface area (Å²) in [4.78, 5) is 21.9. The van der Waals surface area contributed by atoms with E-state index in [0.717, 1.165) is 0 Å². The van der Waals surface area contributed by atoms with Crippen LogP contribution in [0.3, 0.4) is 0 Å². The number of nitrogens with two attached hydrogens (primary N) is 1. The minimum absolute atomic E-state index is 0.0565. The summed E-state index contributed by atoms with van der Waals surface area (Å²) in [7, 11) is 0. The predicted octanol–water partition coefficient (Wildman–Crippen LogP) is 2.86. The van der Waals surface area contributed by atoms with Crippen LogP contribution in [0.1, 0.15) is 12.8 Å². The third kappa shape index (κ3) is 4.82. The maximum absolute atomic E-state index is 11.5. The largest absolute Gasteiger partial charge is 0.481 e. The van der Waals surface area contributed by atoms with Crippen molar-refractivity contribution in [2.75, 3.05) is 11.1 Å². The van der Waals surface area contributed by atoms with Crippen molar-refractivity contribution in [1.29, 1.82) is 0 Å². The summed E-state index contributed by atoms with van der Waals surface area (Å²) in [5.41, 5.74) is 6.84. The van der Waals surface area contributed by atoms with Crippen LogP contribution in [-0.2, 0) is 9.59 Å².